The first-order valence-corrected chi connectivity index (χ1v) is 6.59. The molecule has 0 aliphatic carbocycles. The van der Waals surface area contributed by atoms with Crippen LogP contribution < -0.4 is 5.73 Å². The molecule has 2 heteroatoms. The molecule has 0 spiro atoms. The van der Waals surface area contributed by atoms with E-state index in [1.807, 2.05) is 0 Å². The third kappa shape index (κ3) is 3.08. The molecular weight excluding hydrogens is 208 g/mol. The Balaban J connectivity index is 2.10. The predicted molar refractivity (Wildman–Crippen MR) is 72.9 cm³/mol. The minimum atomic E-state index is 0.350. The Labute approximate surface area is 105 Å². The second kappa shape index (κ2) is 5.19. The number of nitrogens with zero attached hydrogens (tertiary/aromatic N) is 1. The van der Waals surface area contributed by atoms with Crippen molar-refractivity contribution >= 4 is 0 Å². The molecule has 94 valence electrons. The molecule has 0 saturated carbocycles. The van der Waals surface area contributed by atoms with E-state index < -0.39 is 0 Å². The van der Waals surface area contributed by atoms with Crippen LogP contribution in [0.1, 0.15) is 30.0 Å². The van der Waals surface area contributed by atoms with E-state index in [4.69, 9.17) is 5.73 Å². The molecule has 2 nitrogen and oxygen atoms in total. The molecular formula is C15H24N2. The lowest BCUT2D eigenvalue weighted by Crippen LogP contribution is -2.45. The van der Waals surface area contributed by atoms with Crippen molar-refractivity contribution in [3.05, 3.63) is 34.9 Å². The molecule has 1 aromatic rings. The summed E-state index contributed by atoms with van der Waals surface area (Å²) in [7, 11) is 0. The number of aryl methyl sites for hydroxylation is 2. The van der Waals surface area contributed by atoms with Crippen molar-refractivity contribution in [2.75, 3.05) is 13.1 Å². The summed E-state index contributed by atoms with van der Waals surface area (Å²) in [5, 5.41) is 0. The highest BCUT2D eigenvalue weighted by Gasteiger charge is 2.22. The fourth-order valence-corrected chi connectivity index (χ4v) is 2.96. The molecule has 0 aromatic heterocycles. The van der Waals surface area contributed by atoms with E-state index in [2.05, 4.69) is 43.9 Å². The van der Waals surface area contributed by atoms with Gasteiger partial charge in [0.1, 0.15) is 0 Å². The van der Waals surface area contributed by atoms with Crippen LogP contribution in [0.5, 0.6) is 0 Å². The van der Waals surface area contributed by atoms with Gasteiger partial charge in [0.15, 0.2) is 0 Å². The van der Waals surface area contributed by atoms with Gasteiger partial charge in [-0.25, -0.2) is 0 Å². The minimum absolute atomic E-state index is 0.350. The lowest BCUT2D eigenvalue weighted by atomic mass is 9.95. The van der Waals surface area contributed by atoms with Crippen LogP contribution in [-0.2, 0) is 6.54 Å². The third-order valence-electron chi connectivity index (χ3n) is 3.79. The standard InChI is InChI=1S/C15H24N2/c1-11-7-14(16)9-17(8-11)10-15-12(2)5-4-6-13(15)3/h4-6,11,14H,7-10,16H2,1-3H3. The van der Waals surface area contributed by atoms with Gasteiger partial charge in [-0.05, 0) is 42.9 Å². The van der Waals surface area contributed by atoms with Crippen molar-refractivity contribution < 1.29 is 0 Å². The number of benzene rings is 1. The van der Waals surface area contributed by atoms with Crippen molar-refractivity contribution in [1.29, 1.82) is 0 Å². The predicted octanol–water partition coefficient (Wildman–Crippen LogP) is 2.47. The van der Waals surface area contributed by atoms with Crippen molar-refractivity contribution in [1.82, 2.24) is 4.90 Å². The summed E-state index contributed by atoms with van der Waals surface area (Å²) >= 11 is 0. The maximum Gasteiger partial charge on any atom is 0.0239 e. The first kappa shape index (κ1) is 12.6. The fraction of sp³-hybridized carbons (Fsp3) is 0.600. The molecule has 0 amide bonds. The van der Waals surface area contributed by atoms with Crippen LogP contribution in [0, 0.1) is 19.8 Å². The van der Waals surface area contributed by atoms with Gasteiger partial charge in [-0.3, -0.25) is 4.90 Å². The van der Waals surface area contributed by atoms with Gasteiger partial charge < -0.3 is 5.73 Å². The van der Waals surface area contributed by atoms with Gasteiger partial charge in [-0.1, -0.05) is 25.1 Å². The monoisotopic (exact) mass is 232 g/mol. The maximum absolute atomic E-state index is 6.10. The number of likely N-dealkylation sites (tertiary alicyclic amines) is 1. The molecule has 17 heavy (non-hydrogen) atoms. The maximum atomic E-state index is 6.10. The number of hydrogen-bond donors (Lipinski definition) is 1. The van der Waals surface area contributed by atoms with Crippen LogP contribution in [0.25, 0.3) is 0 Å². The molecule has 1 aliphatic rings. The summed E-state index contributed by atoms with van der Waals surface area (Å²) < 4.78 is 0. The van der Waals surface area contributed by atoms with Crippen LogP contribution in [0.15, 0.2) is 18.2 Å². The summed E-state index contributed by atoms with van der Waals surface area (Å²) in [4.78, 5) is 2.51. The van der Waals surface area contributed by atoms with Crippen molar-refractivity contribution in [2.45, 2.75) is 39.8 Å². The molecule has 2 unspecified atom stereocenters. The molecule has 0 radical (unpaired) electrons. The van der Waals surface area contributed by atoms with Crippen LogP contribution >= 0.6 is 0 Å². The number of hydrogen-bond acceptors (Lipinski definition) is 2. The highest BCUT2D eigenvalue weighted by atomic mass is 15.1. The minimum Gasteiger partial charge on any atom is -0.327 e. The molecule has 2 rings (SSSR count). The highest BCUT2D eigenvalue weighted by Crippen LogP contribution is 2.20. The largest absolute Gasteiger partial charge is 0.327 e. The first-order valence-electron chi connectivity index (χ1n) is 6.59. The van der Waals surface area contributed by atoms with Gasteiger partial charge in [0, 0.05) is 25.7 Å². The van der Waals surface area contributed by atoms with E-state index in [-0.39, 0.29) is 0 Å². The van der Waals surface area contributed by atoms with E-state index in [0.717, 1.165) is 19.0 Å². The molecule has 1 heterocycles. The Morgan fingerprint density at radius 3 is 2.47 bits per heavy atom. The average Bonchev–Trinajstić information content (AvgIpc) is 2.22. The van der Waals surface area contributed by atoms with Gasteiger partial charge in [0.25, 0.3) is 0 Å². The zero-order chi connectivity index (χ0) is 12.4. The molecule has 1 fully saturated rings. The van der Waals surface area contributed by atoms with Gasteiger partial charge in [-0.2, -0.15) is 0 Å². The van der Waals surface area contributed by atoms with Crippen LogP contribution in [-0.4, -0.2) is 24.0 Å². The van der Waals surface area contributed by atoms with Crippen molar-refractivity contribution in [3.8, 4) is 0 Å². The molecule has 0 bridgehead atoms. The first-order chi connectivity index (χ1) is 8.06. The normalized spacial score (nSPS) is 26.1. The lowest BCUT2D eigenvalue weighted by molar-refractivity contribution is 0.158. The molecule has 2 atom stereocenters. The smallest absolute Gasteiger partial charge is 0.0239 e. The summed E-state index contributed by atoms with van der Waals surface area (Å²) in [5.41, 5.74) is 10.4. The van der Waals surface area contributed by atoms with Gasteiger partial charge >= 0.3 is 0 Å². The van der Waals surface area contributed by atoms with E-state index in [0.29, 0.717) is 6.04 Å². The fourth-order valence-electron chi connectivity index (χ4n) is 2.96. The Kier molecular flexibility index (Phi) is 3.85. The summed E-state index contributed by atoms with van der Waals surface area (Å²) in [6.07, 6.45) is 1.17. The van der Waals surface area contributed by atoms with E-state index in [1.54, 1.807) is 0 Å². The molecule has 1 aliphatic heterocycles. The zero-order valence-electron chi connectivity index (χ0n) is 11.2. The van der Waals surface area contributed by atoms with E-state index in [1.165, 1.54) is 29.7 Å². The Bertz CT molecular complexity index is 356. The van der Waals surface area contributed by atoms with Gasteiger partial charge in [0.05, 0.1) is 0 Å². The SMILES string of the molecule is Cc1cccc(C)c1CN1CC(C)CC(N)C1. The highest BCUT2D eigenvalue weighted by molar-refractivity contribution is 5.33. The number of nitrogens with two attached hydrogens (primary N) is 1. The lowest BCUT2D eigenvalue weighted by Gasteiger charge is -2.35. The van der Waals surface area contributed by atoms with Crippen molar-refractivity contribution in [3.63, 3.8) is 0 Å². The van der Waals surface area contributed by atoms with Gasteiger partial charge in [-0.15, -0.1) is 0 Å². The average molecular weight is 232 g/mol. The Hall–Kier alpha value is -0.860. The van der Waals surface area contributed by atoms with Crippen LogP contribution in [0.3, 0.4) is 0 Å². The van der Waals surface area contributed by atoms with Crippen molar-refractivity contribution in [2.24, 2.45) is 11.7 Å². The summed E-state index contributed by atoms with van der Waals surface area (Å²) in [6, 6.07) is 6.90. The Morgan fingerprint density at radius 2 is 1.88 bits per heavy atom. The van der Waals surface area contributed by atoms with E-state index in [9.17, 15) is 0 Å². The quantitative estimate of drug-likeness (QED) is 0.849. The molecule has 2 N–H and O–H groups in total. The zero-order valence-corrected chi connectivity index (χ0v) is 11.2. The van der Waals surface area contributed by atoms with E-state index >= 15 is 0 Å². The number of piperidine rings is 1. The summed E-state index contributed by atoms with van der Waals surface area (Å²) in [6.45, 7) is 9.98. The molecule has 1 aromatic carbocycles. The van der Waals surface area contributed by atoms with Crippen LogP contribution in [0.2, 0.25) is 0 Å². The second-order valence-electron chi connectivity index (χ2n) is 5.67. The summed E-state index contributed by atoms with van der Waals surface area (Å²) in [5.74, 6) is 0.725. The van der Waals surface area contributed by atoms with Crippen LogP contribution in [0.4, 0.5) is 0 Å². The topological polar surface area (TPSA) is 29.3 Å². The number of rotatable bonds is 2. The second-order valence-corrected chi connectivity index (χ2v) is 5.67. The Morgan fingerprint density at radius 1 is 1.24 bits per heavy atom. The molecule has 1 saturated heterocycles. The third-order valence-corrected chi connectivity index (χ3v) is 3.79. The van der Waals surface area contributed by atoms with Gasteiger partial charge in [0.2, 0.25) is 0 Å².